The Labute approximate surface area is 196 Å². The van der Waals surface area contributed by atoms with Gasteiger partial charge in [0.25, 0.3) is 11.8 Å². The Balaban J connectivity index is 2.01. The maximum atomic E-state index is 13.0. The standard InChI is InChI=1S/C20H13Cl3N2O7/c1-31-15-6-9(5-14(23)17(15)32-8-16(26)27)4-11-18(28)24-20(30)25(19(11)29)10-2-3-12(21)13(22)7-10/h2-7H,8H2,1H3,(H,26,27)(H,24,28,30)/b11-4+. The summed E-state index contributed by atoms with van der Waals surface area (Å²) in [6.07, 6.45) is 1.20. The van der Waals surface area contributed by atoms with E-state index in [-0.39, 0.29) is 43.4 Å². The fraction of sp³-hybridized carbons (Fsp3) is 0.100. The second-order valence-corrected chi connectivity index (χ2v) is 7.49. The van der Waals surface area contributed by atoms with Crippen LogP contribution in [0.25, 0.3) is 6.08 Å². The maximum absolute atomic E-state index is 13.0. The van der Waals surface area contributed by atoms with Gasteiger partial charge in [-0.25, -0.2) is 14.5 Å². The van der Waals surface area contributed by atoms with Crippen LogP contribution in [0.15, 0.2) is 35.9 Å². The third-order valence-corrected chi connectivity index (χ3v) is 5.19. The zero-order chi connectivity index (χ0) is 23.6. The molecule has 0 radical (unpaired) electrons. The van der Waals surface area contributed by atoms with Crippen molar-refractivity contribution >= 4 is 70.4 Å². The summed E-state index contributed by atoms with van der Waals surface area (Å²) in [6, 6.07) is 5.88. The van der Waals surface area contributed by atoms with Crippen LogP contribution in [0.3, 0.4) is 0 Å². The average molecular weight is 500 g/mol. The predicted molar refractivity (Wildman–Crippen MR) is 117 cm³/mol. The zero-order valence-electron chi connectivity index (χ0n) is 16.1. The van der Waals surface area contributed by atoms with Crippen LogP contribution in [-0.4, -0.2) is 42.6 Å². The van der Waals surface area contributed by atoms with E-state index in [9.17, 15) is 19.2 Å². The molecule has 1 aliphatic heterocycles. The molecule has 1 aliphatic rings. The minimum atomic E-state index is -1.22. The van der Waals surface area contributed by atoms with Crippen LogP contribution < -0.4 is 19.7 Å². The number of carbonyl (C=O) groups excluding carboxylic acids is 3. The number of halogens is 3. The number of methoxy groups -OCH3 is 1. The van der Waals surface area contributed by atoms with Crippen molar-refractivity contribution in [3.05, 3.63) is 56.5 Å². The molecule has 3 rings (SSSR count). The Morgan fingerprint density at radius 2 is 1.81 bits per heavy atom. The summed E-state index contributed by atoms with van der Waals surface area (Å²) in [4.78, 5) is 49.1. The second-order valence-electron chi connectivity index (χ2n) is 6.27. The van der Waals surface area contributed by atoms with Gasteiger partial charge in [0.1, 0.15) is 5.57 Å². The van der Waals surface area contributed by atoms with E-state index < -0.39 is 30.4 Å². The molecule has 1 saturated heterocycles. The fourth-order valence-electron chi connectivity index (χ4n) is 2.78. The largest absolute Gasteiger partial charge is 0.493 e. The highest BCUT2D eigenvalue weighted by Gasteiger charge is 2.37. The van der Waals surface area contributed by atoms with E-state index in [1.165, 1.54) is 43.5 Å². The number of imide groups is 2. The van der Waals surface area contributed by atoms with E-state index in [0.717, 1.165) is 4.90 Å². The maximum Gasteiger partial charge on any atom is 0.341 e. The van der Waals surface area contributed by atoms with Gasteiger partial charge in [-0.15, -0.1) is 0 Å². The minimum absolute atomic E-state index is 0.0152. The van der Waals surface area contributed by atoms with Gasteiger partial charge in [0.05, 0.1) is 27.9 Å². The number of barbiturate groups is 1. The van der Waals surface area contributed by atoms with Crippen LogP contribution in [0.1, 0.15) is 5.56 Å². The number of carboxylic acids is 1. The molecular weight excluding hydrogens is 487 g/mol. The lowest BCUT2D eigenvalue weighted by Gasteiger charge is -2.26. The monoisotopic (exact) mass is 498 g/mol. The number of hydrogen-bond donors (Lipinski definition) is 2. The van der Waals surface area contributed by atoms with Crippen LogP contribution in [-0.2, 0) is 14.4 Å². The van der Waals surface area contributed by atoms with Gasteiger partial charge in [0.2, 0.25) is 0 Å². The van der Waals surface area contributed by atoms with Crippen LogP contribution in [0.2, 0.25) is 15.1 Å². The summed E-state index contributed by atoms with van der Waals surface area (Å²) in [5, 5.41) is 11.2. The van der Waals surface area contributed by atoms with E-state index in [4.69, 9.17) is 49.4 Å². The van der Waals surface area contributed by atoms with Crippen molar-refractivity contribution in [2.75, 3.05) is 18.6 Å². The minimum Gasteiger partial charge on any atom is -0.493 e. The molecule has 12 heteroatoms. The fourth-order valence-corrected chi connectivity index (χ4v) is 3.35. The number of ether oxygens (including phenoxy) is 2. The molecule has 2 N–H and O–H groups in total. The first-order chi connectivity index (χ1) is 15.1. The molecular formula is C20H13Cl3N2O7. The van der Waals surface area contributed by atoms with Gasteiger partial charge < -0.3 is 14.6 Å². The summed E-state index contributed by atoms with van der Waals surface area (Å²) in [5.74, 6) is -2.99. The molecule has 166 valence electrons. The van der Waals surface area contributed by atoms with Crippen molar-refractivity contribution in [1.29, 1.82) is 0 Å². The molecule has 0 bridgehead atoms. The summed E-state index contributed by atoms with van der Waals surface area (Å²) in [6.45, 7) is -0.655. The van der Waals surface area contributed by atoms with Gasteiger partial charge in [0.15, 0.2) is 18.1 Å². The smallest absolute Gasteiger partial charge is 0.341 e. The quantitative estimate of drug-likeness (QED) is 0.458. The third kappa shape index (κ3) is 4.80. The van der Waals surface area contributed by atoms with Crippen molar-refractivity contribution in [2.45, 2.75) is 0 Å². The summed E-state index contributed by atoms with van der Waals surface area (Å²) in [5.41, 5.74) is -0.00205. The first-order valence-electron chi connectivity index (χ1n) is 8.71. The number of nitrogens with zero attached hydrogens (tertiary/aromatic N) is 1. The number of aliphatic carboxylic acids is 1. The number of amides is 4. The van der Waals surface area contributed by atoms with Crippen molar-refractivity contribution in [3.63, 3.8) is 0 Å². The molecule has 2 aromatic rings. The molecule has 0 aromatic heterocycles. The number of hydrogen-bond acceptors (Lipinski definition) is 6. The van der Waals surface area contributed by atoms with Crippen molar-refractivity contribution in [2.24, 2.45) is 0 Å². The van der Waals surface area contributed by atoms with E-state index in [2.05, 4.69) is 5.32 Å². The molecule has 9 nitrogen and oxygen atoms in total. The van der Waals surface area contributed by atoms with Gasteiger partial charge in [0, 0.05) is 0 Å². The lowest BCUT2D eigenvalue weighted by molar-refractivity contribution is -0.139. The molecule has 0 aliphatic carbocycles. The highest BCUT2D eigenvalue weighted by Crippen LogP contribution is 2.37. The molecule has 32 heavy (non-hydrogen) atoms. The Morgan fingerprint density at radius 1 is 1.09 bits per heavy atom. The highest BCUT2D eigenvalue weighted by atomic mass is 35.5. The molecule has 1 heterocycles. The van der Waals surface area contributed by atoms with Crippen LogP contribution in [0.5, 0.6) is 11.5 Å². The molecule has 0 saturated carbocycles. The number of anilines is 1. The lowest BCUT2D eigenvalue weighted by atomic mass is 10.1. The Kier molecular flexibility index (Phi) is 6.93. The second kappa shape index (κ2) is 9.47. The van der Waals surface area contributed by atoms with Gasteiger partial charge in [-0.1, -0.05) is 34.8 Å². The van der Waals surface area contributed by atoms with Crippen molar-refractivity contribution in [3.8, 4) is 11.5 Å². The first-order valence-corrected chi connectivity index (χ1v) is 9.84. The summed E-state index contributed by atoms with van der Waals surface area (Å²) in [7, 11) is 1.30. The number of rotatable bonds is 6. The van der Waals surface area contributed by atoms with Crippen molar-refractivity contribution < 1.29 is 33.8 Å². The molecule has 0 spiro atoms. The molecule has 4 amide bonds. The van der Waals surface area contributed by atoms with Gasteiger partial charge in [-0.05, 0) is 42.0 Å². The van der Waals surface area contributed by atoms with Crippen molar-refractivity contribution in [1.82, 2.24) is 5.32 Å². The molecule has 2 aromatic carbocycles. The molecule has 0 unspecified atom stereocenters. The number of benzene rings is 2. The summed E-state index contributed by atoms with van der Waals surface area (Å²) >= 11 is 18.0. The zero-order valence-corrected chi connectivity index (χ0v) is 18.4. The molecule has 0 atom stereocenters. The first kappa shape index (κ1) is 23.4. The van der Waals surface area contributed by atoms with E-state index in [0.29, 0.717) is 0 Å². The highest BCUT2D eigenvalue weighted by molar-refractivity contribution is 6.43. The van der Waals surface area contributed by atoms with Crippen LogP contribution in [0, 0.1) is 0 Å². The average Bonchev–Trinajstić information content (AvgIpc) is 2.72. The van der Waals surface area contributed by atoms with E-state index >= 15 is 0 Å². The van der Waals surface area contributed by atoms with Crippen LogP contribution >= 0.6 is 34.8 Å². The van der Waals surface area contributed by atoms with Gasteiger partial charge in [-0.2, -0.15) is 0 Å². The summed E-state index contributed by atoms with van der Waals surface area (Å²) < 4.78 is 10.3. The predicted octanol–water partition coefficient (Wildman–Crippen LogP) is 3.79. The molecule has 1 fully saturated rings. The van der Waals surface area contributed by atoms with Gasteiger partial charge in [-0.3, -0.25) is 14.9 Å². The van der Waals surface area contributed by atoms with Gasteiger partial charge >= 0.3 is 12.0 Å². The SMILES string of the molecule is COc1cc(/C=C2\C(=O)NC(=O)N(c3ccc(Cl)c(Cl)c3)C2=O)cc(Cl)c1OCC(=O)O. The number of carbonyl (C=O) groups is 4. The Bertz CT molecular complexity index is 1180. The Hall–Kier alpha value is -3.27. The number of nitrogens with one attached hydrogen (secondary N) is 1. The lowest BCUT2D eigenvalue weighted by Crippen LogP contribution is -2.54. The topological polar surface area (TPSA) is 122 Å². The number of urea groups is 1. The third-order valence-electron chi connectivity index (χ3n) is 4.17. The Morgan fingerprint density at radius 3 is 2.44 bits per heavy atom. The number of carboxylic acid groups (broad SMARTS) is 1. The normalized spacial score (nSPS) is 15.1. The van der Waals surface area contributed by atoms with E-state index in [1.54, 1.807) is 0 Å². The van der Waals surface area contributed by atoms with Crippen LogP contribution in [0.4, 0.5) is 10.5 Å². The van der Waals surface area contributed by atoms with E-state index in [1.807, 2.05) is 0 Å².